The Morgan fingerprint density at radius 1 is 1.52 bits per heavy atom. The second-order valence-electron chi connectivity index (χ2n) is 4.97. The van der Waals surface area contributed by atoms with Crippen LogP contribution in [0.2, 0.25) is 0 Å². The number of rotatable bonds is 3. The Hall–Kier alpha value is -3.01. The molecule has 2 N–H and O–H groups in total. The average Bonchev–Trinajstić information content (AvgIpc) is 2.54. The van der Waals surface area contributed by atoms with E-state index in [-0.39, 0.29) is 0 Å². The molecule has 7 nitrogen and oxygen atoms in total. The van der Waals surface area contributed by atoms with Crippen molar-refractivity contribution in [2.75, 3.05) is 13.7 Å². The first-order valence-corrected chi connectivity index (χ1v) is 7.16. The number of urea groups is 2. The van der Waals surface area contributed by atoms with Gasteiger partial charge in [0.15, 0.2) is 0 Å². The summed E-state index contributed by atoms with van der Waals surface area (Å²) < 4.78 is 5.19. The molecule has 4 amide bonds. The summed E-state index contributed by atoms with van der Waals surface area (Å²) >= 11 is 0. The van der Waals surface area contributed by atoms with Crippen LogP contribution >= 0.6 is 0 Å². The molecule has 1 aliphatic rings. The largest absolute Gasteiger partial charge is 0.497 e. The number of benzene rings is 1. The van der Waals surface area contributed by atoms with E-state index in [4.69, 9.17) is 4.74 Å². The van der Waals surface area contributed by atoms with Gasteiger partial charge >= 0.3 is 12.1 Å². The Labute approximate surface area is 134 Å². The van der Waals surface area contributed by atoms with Crippen LogP contribution in [0, 0.1) is 11.3 Å². The first kappa shape index (κ1) is 16.4. The number of nitrogens with one attached hydrogen (secondary N) is 2. The molecule has 1 atom stereocenters. The van der Waals surface area contributed by atoms with Gasteiger partial charge in [0.05, 0.1) is 18.8 Å². The first-order chi connectivity index (χ1) is 11.0. The molecule has 0 fully saturated rings. The van der Waals surface area contributed by atoms with Gasteiger partial charge in [0.2, 0.25) is 0 Å². The van der Waals surface area contributed by atoms with Crippen LogP contribution in [-0.4, -0.2) is 30.6 Å². The monoisotopic (exact) mass is 314 g/mol. The number of carbonyl (C=O) groups is 2. The van der Waals surface area contributed by atoms with Crippen molar-refractivity contribution < 1.29 is 14.3 Å². The number of hydrogen-bond acceptors (Lipinski definition) is 4. The molecule has 0 spiro atoms. The molecular formula is C16H18N4O3. The number of amides is 4. The highest BCUT2D eigenvalue weighted by Gasteiger charge is 2.38. The summed E-state index contributed by atoms with van der Waals surface area (Å²) in [5, 5.41) is 14.6. The molecule has 1 heterocycles. The number of carbonyl (C=O) groups excluding carboxylic acids is 2. The van der Waals surface area contributed by atoms with Crippen LogP contribution in [0.5, 0.6) is 5.75 Å². The lowest BCUT2D eigenvalue weighted by Crippen LogP contribution is -2.53. The van der Waals surface area contributed by atoms with Crippen LogP contribution in [0.4, 0.5) is 9.59 Å². The second-order valence-corrected chi connectivity index (χ2v) is 4.97. The predicted octanol–water partition coefficient (Wildman–Crippen LogP) is 2.29. The fourth-order valence-corrected chi connectivity index (χ4v) is 2.46. The maximum absolute atomic E-state index is 12.3. The van der Waals surface area contributed by atoms with Crippen LogP contribution < -0.4 is 15.4 Å². The minimum atomic E-state index is -0.796. The summed E-state index contributed by atoms with van der Waals surface area (Å²) in [6.07, 6.45) is 0. The molecule has 0 saturated heterocycles. The van der Waals surface area contributed by atoms with Crippen molar-refractivity contribution in [1.82, 2.24) is 15.5 Å². The summed E-state index contributed by atoms with van der Waals surface area (Å²) in [6, 6.07) is 7.13. The van der Waals surface area contributed by atoms with Gasteiger partial charge in [0, 0.05) is 12.2 Å². The van der Waals surface area contributed by atoms with Crippen molar-refractivity contribution >= 4 is 12.1 Å². The Bertz CT molecular complexity index is 706. The molecule has 0 aromatic heterocycles. The van der Waals surface area contributed by atoms with Gasteiger partial charge in [-0.05, 0) is 31.5 Å². The number of ether oxygens (including phenoxy) is 1. The van der Waals surface area contributed by atoms with Crippen molar-refractivity contribution in [1.29, 1.82) is 5.26 Å². The molecule has 0 aliphatic carbocycles. The van der Waals surface area contributed by atoms with Crippen LogP contribution in [0.15, 0.2) is 35.5 Å². The zero-order chi connectivity index (χ0) is 17.0. The van der Waals surface area contributed by atoms with Crippen molar-refractivity contribution in [3.63, 3.8) is 0 Å². The molecule has 0 saturated carbocycles. The highest BCUT2D eigenvalue weighted by Crippen LogP contribution is 2.34. The van der Waals surface area contributed by atoms with E-state index in [0.29, 0.717) is 29.1 Å². The molecule has 1 unspecified atom stereocenters. The zero-order valence-corrected chi connectivity index (χ0v) is 13.2. The predicted molar refractivity (Wildman–Crippen MR) is 83.5 cm³/mol. The van der Waals surface area contributed by atoms with Crippen molar-refractivity contribution in [2.24, 2.45) is 0 Å². The minimum Gasteiger partial charge on any atom is -0.497 e. The molecule has 0 radical (unpaired) electrons. The first-order valence-electron chi connectivity index (χ1n) is 7.16. The number of hydrogen-bond donors (Lipinski definition) is 2. The van der Waals surface area contributed by atoms with E-state index < -0.39 is 18.1 Å². The minimum absolute atomic E-state index is 0.309. The smallest absolute Gasteiger partial charge is 0.330 e. The summed E-state index contributed by atoms with van der Waals surface area (Å²) in [5.74, 6) is 0.583. The van der Waals surface area contributed by atoms with E-state index in [1.54, 1.807) is 38.1 Å². The van der Waals surface area contributed by atoms with Crippen molar-refractivity contribution in [3.05, 3.63) is 41.1 Å². The topological polar surface area (TPSA) is 94.5 Å². The van der Waals surface area contributed by atoms with Crippen LogP contribution in [-0.2, 0) is 0 Å². The third-order valence-corrected chi connectivity index (χ3v) is 3.53. The van der Waals surface area contributed by atoms with Crippen LogP contribution in [0.3, 0.4) is 0 Å². The highest BCUT2D eigenvalue weighted by molar-refractivity contribution is 5.96. The molecule has 1 aliphatic heterocycles. The normalized spacial score (nSPS) is 17.4. The number of nitriles is 1. The third kappa shape index (κ3) is 3.11. The Morgan fingerprint density at radius 2 is 2.26 bits per heavy atom. The van der Waals surface area contributed by atoms with Gasteiger partial charge in [-0.25, -0.2) is 14.5 Å². The molecular weight excluding hydrogens is 296 g/mol. The summed E-state index contributed by atoms with van der Waals surface area (Å²) in [4.78, 5) is 25.6. The SMILES string of the molecule is CCNC(=O)N1C(=O)NC(C)=C(C#N)C1c1cccc(OC)c1. The van der Waals surface area contributed by atoms with Crippen LogP contribution in [0.25, 0.3) is 0 Å². The number of nitrogens with zero attached hydrogens (tertiary/aromatic N) is 2. The van der Waals surface area contributed by atoms with E-state index in [2.05, 4.69) is 16.7 Å². The van der Waals surface area contributed by atoms with Crippen molar-refractivity contribution in [3.8, 4) is 11.8 Å². The van der Waals surface area contributed by atoms with E-state index in [1.807, 2.05) is 0 Å². The molecule has 2 rings (SSSR count). The van der Waals surface area contributed by atoms with Gasteiger partial charge in [0.1, 0.15) is 11.8 Å². The van der Waals surface area contributed by atoms with E-state index in [0.717, 1.165) is 4.90 Å². The lowest BCUT2D eigenvalue weighted by molar-refractivity contribution is 0.173. The van der Waals surface area contributed by atoms with E-state index in [9.17, 15) is 14.9 Å². The van der Waals surface area contributed by atoms with Gasteiger partial charge in [-0.1, -0.05) is 12.1 Å². The third-order valence-electron chi connectivity index (χ3n) is 3.53. The Balaban J connectivity index is 2.58. The van der Waals surface area contributed by atoms with Gasteiger partial charge in [0.25, 0.3) is 0 Å². The van der Waals surface area contributed by atoms with E-state index >= 15 is 0 Å². The quantitative estimate of drug-likeness (QED) is 0.895. The van der Waals surface area contributed by atoms with Crippen molar-refractivity contribution in [2.45, 2.75) is 19.9 Å². The maximum Gasteiger partial charge on any atom is 0.330 e. The molecule has 7 heteroatoms. The Kier molecular flexibility index (Phi) is 4.86. The van der Waals surface area contributed by atoms with E-state index in [1.165, 1.54) is 7.11 Å². The molecule has 23 heavy (non-hydrogen) atoms. The summed E-state index contributed by atoms with van der Waals surface area (Å²) in [6.45, 7) is 3.77. The van der Waals surface area contributed by atoms with Gasteiger partial charge in [-0.15, -0.1) is 0 Å². The summed E-state index contributed by atoms with van der Waals surface area (Å²) in [7, 11) is 1.53. The molecule has 0 bridgehead atoms. The number of methoxy groups -OCH3 is 1. The second kappa shape index (κ2) is 6.83. The number of allylic oxidation sites excluding steroid dienone is 1. The maximum atomic E-state index is 12.3. The Morgan fingerprint density at radius 3 is 2.87 bits per heavy atom. The zero-order valence-electron chi connectivity index (χ0n) is 13.2. The van der Waals surface area contributed by atoms with Gasteiger partial charge < -0.3 is 15.4 Å². The lowest BCUT2D eigenvalue weighted by Gasteiger charge is -2.34. The average molecular weight is 314 g/mol. The molecule has 120 valence electrons. The van der Waals surface area contributed by atoms with Gasteiger partial charge in [-0.3, -0.25) is 0 Å². The fourth-order valence-electron chi connectivity index (χ4n) is 2.46. The standard InChI is InChI=1S/C16H18N4O3/c1-4-18-15(21)20-14(11-6-5-7-12(8-11)23-3)13(9-17)10(2)19-16(20)22/h5-8,14H,4H2,1-3H3,(H,18,21)(H,19,22). The molecule has 1 aromatic rings. The van der Waals surface area contributed by atoms with Gasteiger partial charge in [-0.2, -0.15) is 5.26 Å². The highest BCUT2D eigenvalue weighted by atomic mass is 16.5. The lowest BCUT2D eigenvalue weighted by atomic mass is 9.95. The molecule has 1 aromatic carbocycles. The van der Waals surface area contributed by atoms with Crippen LogP contribution in [0.1, 0.15) is 25.5 Å². The summed E-state index contributed by atoms with van der Waals surface area (Å²) in [5.41, 5.74) is 1.37. The fraction of sp³-hybridized carbons (Fsp3) is 0.312. The number of imide groups is 1.